The number of likely N-dealkylation sites (N-methyl/N-ethyl adjacent to an activating group) is 1. The molecule has 9 heterocycles. The van der Waals surface area contributed by atoms with Crippen LogP contribution < -0.4 is 61.9 Å². The van der Waals surface area contributed by atoms with Crippen LogP contribution in [0.25, 0.3) is 0 Å². The maximum atomic E-state index is 16.7. The Morgan fingerprint density at radius 2 is 1.07 bits per heavy atom. The van der Waals surface area contributed by atoms with Crippen molar-refractivity contribution in [3.63, 3.8) is 0 Å². The monoisotopic (exact) mass is 1850 g/mol. The van der Waals surface area contributed by atoms with Gasteiger partial charge in [0, 0.05) is 30.0 Å². The summed E-state index contributed by atoms with van der Waals surface area (Å²) in [6.45, 7) is 0.770. The Labute approximate surface area is 739 Å². The van der Waals surface area contributed by atoms with Crippen molar-refractivity contribution in [2.45, 2.75) is 203 Å². The molecule has 6 amide bonds. The molecule has 0 saturated carbocycles. The van der Waals surface area contributed by atoms with E-state index in [0.717, 1.165) is 91.0 Å². The van der Waals surface area contributed by atoms with E-state index >= 15 is 28.8 Å². The molecule has 45 heteroatoms. The second-order valence-corrected chi connectivity index (χ2v) is 32.8. The van der Waals surface area contributed by atoms with Crippen molar-refractivity contribution in [3.05, 3.63) is 181 Å². The van der Waals surface area contributed by atoms with Crippen LogP contribution in [-0.4, -0.2) is 289 Å². The fourth-order valence-corrected chi connectivity index (χ4v) is 16.7. The SMILES string of the molecule is CN[C@H](C(=O)N[C@H]1C(=O)N[C@@H](c2ccc(O)c(Cl)c2)C(=O)N[C@H]2C(=O)N[C@@H]3C(=O)N[C@H](C(=O)NC(C(=O)O)c4cc(O)cc(O)c4C4C=C3C=CC4O)[C@@H](O[C@H]3C[C@@H](N)[C@@H](O)[C@@H](C)O3)c3ccc(c(Cl)c3)Oc3cc2cc(c3O[C@@H]2O[C@H](CO)[C@H](O)[C@H](O)[C@H]2O)Oc2ccc(cc2Cl)[C@H]1O[C@H]1O[C@H](CO)[C@@H](O)[C@@H](O)[C@@H]1O)c1ccc(O[C@@H]2O[C@@H](C)[C@@H](O)[C@H](O)[C@H]2O)cc1. The van der Waals surface area contributed by atoms with E-state index in [4.69, 9.17) is 87.9 Å². The topological polar surface area (TPSA) is 666 Å². The summed E-state index contributed by atoms with van der Waals surface area (Å²) < 4.78 is 62.3. The summed E-state index contributed by atoms with van der Waals surface area (Å²) in [7, 11) is 1.32. The molecule has 3 unspecified atom stereocenters. The highest BCUT2D eigenvalue weighted by Gasteiger charge is 2.52. The quantitative estimate of drug-likeness (QED) is 0.0490. The predicted octanol–water partition coefficient (Wildman–Crippen LogP) is -2.17. The van der Waals surface area contributed by atoms with Crippen LogP contribution in [0.4, 0.5) is 0 Å². The van der Waals surface area contributed by atoms with Gasteiger partial charge in [-0.3, -0.25) is 28.8 Å². The standard InChI is InChI=1S/C83H91Cl3N8O34/c1-27-61(101)42(87)24-52(119-27)126-71-32-8-14-46(40(85)18-32)122-48-20-34-21-49(73(48)128-83-70(110)67(107)64(104)51(26-96)125-83)123-47-15-9-33(19-41(47)86)72(127-82-69(109)66(106)63(103)50(25-95)124-82)60(93-74(111)54(88-3)29-4-10-36(11-5-29)121-81-68(108)65(105)62(102)28(2)120-81)78(115)90-56(31-7-13-44(99)39(84)17-31)75(112)91-57(34)77(114)89-55-30-6-12-43(98)37(16-30)53-38(22-35(97)23-45(53)100)58(80(117)118)92-79(116)59(71)94-76(55)113/h4-23,27-28,37,42-43,50-52,54-72,81-83,88,95-110H,24-26,87H2,1-3H3,(H,89,114)(H,90,115)(H,91,112)(H,92,116)(H,93,111)(H,94,113)(H,117,118)/t27-,28+,37?,42-,43?,50-,51-,52+,54+,55+,56+,57-,58?,59+,60-,61+,62-,63-,64+,65+,66-,67+,68-,69+,70-,71+,72-,81+,82-,83+/m1/s1. The number of halogens is 3. The minimum atomic E-state index is -2.49. The molecule has 6 aromatic rings. The number of phenolic OH excluding ortho intramolecular Hbond substituents is 3. The number of aliphatic carboxylic acids is 1. The van der Waals surface area contributed by atoms with Crippen LogP contribution in [-0.2, 0) is 62.0 Å². The molecule has 30 atom stereocenters. The lowest BCUT2D eigenvalue weighted by atomic mass is 9.80. The summed E-state index contributed by atoms with van der Waals surface area (Å²) in [4.78, 5) is 111. The number of aliphatic hydroxyl groups excluding tert-OH is 13. The molecular weight excluding hydrogens is 1760 g/mol. The number of hydrogen-bond donors (Lipinski definition) is 25. The molecule has 6 aromatic carbocycles. The van der Waals surface area contributed by atoms with Gasteiger partial charge in [0.15, 0.2) is 30.1 Å². The Kier molecular flexibility index (Phi) is 28.4. The van der Waals surface area contributed by atoms with Gasteiger partial charge in [-0.1, -0.05) is 83.4 Å². The highest BCUT2D eigenvalue weighted by molar-refractivity contribution is 6.33. The van der Waals surface area contributed by atoms with Gasteiger partial charge in [0.1, 0.15) is 150 Å². The Balaban J connectivity index is 0.990. The van der Waals surface area contributed by atoms with E-state index < -0.39 is 316 Å². The number of hydrogen-bond acceptors (Lipinski definition) is 35. The first-order valence-corrected chi connectivity index (χ1v) is 41.1. The van der Waals surface area contributed by atoms with Crippen LogP contribution in [0.2, 0.25) is 15.1 Å². The predicted molar refractivity (Wildman–Crippen MR) is 434 cm³/mol. The van der Waals surface area contributed by atoms with Gasteiger partial charge in [-0.25, -0.2) is 4.79 Å². The van der Waals surface area contributed by atoms with Gasteiger partial charge in [0.25, 0.3) is 0 Å². The average molecular weight is 1850 g/mol. The summed E-state index contributed by atoms with van der Waals surface area (Å²) in [5.41, 5.74) is 3.68. The van der Waals surface area contributed by atoms with Crippen LogP contribution in [0.15, 0.2) is 127 Å². The van der Waals surface area contributed by atoms with Crippen molar-refractivity contribution < 1.29 is 168 Å². The molecule has 9 aliphatic heterocycles. The number of nitrogens with one attached hydrogen (secondary N) is 7. The van der Waals surface area contributed by atoms with Gasteiger partial charge < -0.3 is 177 Å². The summed E-state index contributed by atoms with van der Waals surface area (Å²) in [5, 5.41) is 206. The zero-order valence-corrected chi connectivity index (χ0v) is 69.5. The maximum absolute atomic E-state index is 16.7. The highest BCUT2D eigenvalue weighted by Crippen LogP contribution is 2.50. The third kappa shape index (κ3) is 19.2. The number of carbonyl (C=O) groups is 7. The number of phenols is 3. The molecule has 128 heavy (non-hydrogen) atoms. The molecule has 11 bridgehead atoms. The van der Waals surface area contributed by atoms with E-state index in [0.29, 0.717) is 0 Å². The van der Waals surface area contributed by atoms with Crippen LogP contribution in [0, 0.1) is 0 Å². The summed E-state index contributed by atoms with van der Waals surface area (Å²) >= 11 is 21.3. The molecular formula is C83H91Cl3N8O34. The van der Waals surface area contributed by atoms with E-state index in [2.05, 4.69) is 37.2 Å². The van der Waals surface area contributed by atoms with Crippen molar-refractivity contribution in [2.24, 2.45) is 5.73 Å². The molecule has 4 saturated heterocycles. The summed E-state index contributed by atoms with van der Waals surface area (Å²) in [5.74, 6) is -17.5. The number of carboxylic acids is 1. The van der Waals surface area contributed by atoms with Crippen LogP contribution >= 0.6 is 34.8 Å². The van der Waals surface area contributed by atoms with Gasteiger partial charge in [-0.15, -0.1) is 0 Å². The lowest BCUT2D eigenvalue weighted by Crippen LogP contribution is -2.61. The molecule has 0 radical (unpaired) electrons. The van der Waals surface area contributed by atoms with E-state index in [1.807, 2.05) is 0 Å². The van der Waals surface area contributed by atoms with Crippen LogP contribution in [0.1, 0.15) is 102 Å². The summed E-state index contributed by atoms with van der Waals surface area (Å²) in [6.07, 6.45) is -35.4. The number of aromatic hydroxyl groups is 3. The Morgan fingerprint density at radius 1 is 0.531 bits per heavy atom. The number of amides is 6. The third-order valence-corrected chi connectivity index (χ3v) is 24.0. The largest absolute Gasteiger partial charge is 0.508 e. The number of nitrogens with two attached hydrogens (primary N) is 1. The number of benzene rings is 6. The normalized spacial score (nSPS) is 34.1. The maximum Gasteiger partial charge on any atom is 0.330 e. The minimum Gasteiger partial charge on any atom is -0.508 e. The van der Waals surface area contributed by atoms with Crippen LogP contribution in [0.3, 0.4) is 0 Å². The lowest BCUT2D eigenvalue weighted by molar-refractivity contribution is -0.313. The van der Waals surface area contributed by atoms with E-state index in [1.165, 1.54) is 51.2 Å². The summed E-state index contributed by atoms with van der Waals surface area (Å²) in [6, 6.07) is 1.94. The van der Waals surface area contributed by atoms with Gasteiger partial charge >= 0.3 is 5.97 Å². The Bertz CT molecular complexity index is 5240. The van der Waals surface area contributed by atoms with Gasteiger partial charge in [-0.2, -0.15) is 0 Å². The Hall–Kier alpha value is -10.3. The number of carboxylic acid groups (broad SMARTS) is 1. The number of rotatable bonds is 16. The Morgan fingerprint density at radius 3 is 1.66 bits per heavy atom. The fraction of sp³-hybridized carbons (Fsp3) is 0.434. The minimum absolute atomic E-state index is 0.0105. The zero-order valence-electron chi connectivity index (χ0n) is 67.2. The lowest BCUT2D eigenvalue weighted by Gasteiger charge is -2.42. The molecule has 4 fully saturated rings. The van der Waals surface area contributed by atoms with Crippen molar-refractivity contribution in [1.29, 1.82) is 0 Å². The zero-order chi connectivity index (χ0) is 92.2. The van der Waals surface area contributed by atoms with Crippen LogP contribution in [0.5, 0.6) is 51.7 Å². The molecule has 0 aromatic heterocycles. The third-order valence-electron chi connectivity index (χ3n) is 23.1. The second kappa shape index (κ2) is 38.8. The first-order valence-electron chi connectivity index (χ1n) is 39.9. The number of ether oxygens (including phenoxy) is 10. The van der Waals surface area contributed by atoms with E-state index in [1.54, 1.807) is 0 Å². The number of carbonyl (C=O) groups excluding carboxylic acids is 6. The molecule has 0 spiro atoms. The number of fused-ring (bicyclic) bond motifs is 14. The van der Waals surface area contributed by atoms with Crippen molar-refractivity contribution in [1.82, 2.24) is 37.2 Å². The first-order chi connectivity index (χ1) is 60.8. The first kappa shape index (κ1) is 93.9. The van der Waals surface area contributed by atoms with Gasteiger partial charge in [0.2, 0.25) is 53.8 Å². The van der Waals surface area contributed by atoms with Gasteiger partial charge in [0.05, 0.1) is 52.7 Å². The fourth-order valence-electron chi connectivity index (χ4n) is 16.1. The number of aliphatic hydroxyl groups is 13. The average Bonchev–Trinajstić information content (AvgIpc) is 0.760. The second-order valence-electron chi connectivity index (χ2n) is 31.6. The molecule has 26 N–H and O–H groups in total. The van der Waals surface area contributed by atoms with Crippen molar-refractivity contribution >= 4 is 76.2 Å². The van der Waals surface area contributed by atoms with E-state index in [-0.39, 0.29) is 40.0 Å². The van der Waals surface area contributed by atoms with Gasteiger partial charge in [-0.05, 0) is 127 Å². The molecule has 16 rings (SSSR count). The van der Waals surface area contributed by atoms with Crippen molar-refractivity contribution in [2.75, 3.05) is 20.3 Å². The van der Waals surface area contributed by atoms with E-state index in [9.17, 15) is 91.6 Å². The smallest absolute Gasteiger partial charge is 0.330 e. The highest BCUT2D eigenvalue weighted by atomic mass is 35.5. The molecule has 42 nitrogen and oxygen atoms in total. The van der Waals surface area contributed by atoms with Crippen molar-refractivity contribution in [3.8, 4) is 51.7 Å². The molecule has 688 valence electrons. The molecule has 10 aliphatic rings. The molecule has 1 aliphatic carbocycles.